The van der Waals surface area contributed by atoms with E-state index in [1.54, 1.807) is 6.20 Å². The zero-order chi connectivity index (χ0) is 13.7. The SMILES string of the molecule is CCc1cccc(CC)c1NC(=O)c1cnccn1. The number of benzene rings is 1. The highest BCUT2D eigenvalue weighted by Gasteiger charge is 2.12. The fourth-order valence-electron chi connectivity index (χ4n) is 2.00. The van der Waals surface area contributed by atoms with Crippen LogP contribution in [0.5, 0.6) is 0 Å². The van der Waals surface area contributed by atoms with Crippen LogP contribution in [0.2, 0.25) is 0 Å². The second-order valence-electron chi connectivity index (χ2n) is 4.20. The highest BCUT2D eigenvalue weighted by atomic mass is 16.1. The number of para-hydroxylation sites is 1. The summed E-state index contributed by atoms with van der Waals surface area (Å²) in [6.45, 7) is 4.15. The molecule has 2 aromatic rings. The predicted molar refractivity (Wildman–Crippen MR) is 75.2 cm³/mol. The van der Waals surface area contributed by atoms with Crippen LogP contribution >= 0.6 is 0 Å². The lowest BCUT2D eigenvalue weighted by Crippen LogP contribution is -2.16. The molecular weight excluding hydrogens is 238 g/mol. The summed E-state index contributed by atoms with van der Waals surface area (Å²) in [4.78, 5) is 20.1. The minimum absolute atomic E-state index is 0.219. The summed E-state index contributed by atoms with van der Waals surface area (Å²) >= 11 is 0. The molecule has 98 valence electrons. The first-order valence-corrected chi connectivity index (χ1v) is 6.44. The van der Waals surface area contributed by atoms with E-state index in [-0.39, 0.29) is 5.91 Å². The van der Waals surface area contributed by atoms with Crippen molar-refractivity contribution in [1.82, 2.24) is 9.97 Å². The van der Waals surface area contributed by atoms with Crippen molar-refractivity contribution in [1.29, 1.82) is 0 Å². The van der Waals surface area contributed by atoms with Gasteiger partial charge in [-0.3, -0.25) is 9.78 Å². The van der Waals surface area contributed by atoms with Gasteiger partial charge in [-0.05, 0) is 24.0 Å². The van der Waals surface area contributed by atoms with Gasteiger partial charge < -0.3 is 5.32 Å². The van der Waals surface area contributed by atoms with Crippen LogP contribution in [-0.2, 0) is 12.8 Å². The molecule has 1 aromatic heterocycles. The molecule has 0 saturated carbocycles. The minimum atomic E-state index is -0.219. The maximum absolute atomic E-state index is 12.1. The molecule has 1 heterocycles. The molecule has 0 aliphatic heterocycles. The van der Waals surface area contributed by atoms with Gasteiger partial charge in [0.05, 0.1) is 6.20 Å². The Morgan fingerprint density at radius 1 is 1.16 bits per heavy atom. The van der Waals surface area contributed by atoms with E-state index in [4.69, 9.17) is 0 Å². The number of rotatable bonds is 4. The number of carbonyl (C=O) groups excluding carboxylic acids is 1. The van der Waals surface area contributed by atoms with Crippen molar-refractivity contribution >= 4 is 11.6 Å². The molecule has 0 bridgehead atoms. The maximum atomic E-state index is 12.1. The quantitative estimate of drug-likeness (QED) is 0.914. The van der Waals surface area contributed by atoms with Crippen molar-refractivity contribution in [3.8, 4) is 0 Å². The zero-order valence-corrected chi connectivity index (χ0v) is 11.2. The summed E-state index contributed by atoms with van der Waals surface area (Å²) in [6.07, 6.45) is 6.29. The molecule has 0 aliphatic carbocycles. The van der Waals surface area contributed by atoms with Crippen LogP contribution in [0, 0.1) is 0 Å². The number of amides is 1. The van der Waals surface area contributed by atoms with Crippen LogP contribution < -0.4 is 5.32 Å². The maximum Gasteiger partial charge on any atom is 0.275 e. The lowest BCUT2D eigenvalue weighted by Gasteiger charge is -2.13. The highest BCUT2D eigenvalue weighted by molar-refractivity contribution is 6.03. The fraction of sp³-hybridized carbons (Fsp3) is 0.267. The largest absolute Gasteiger partial charge is 0.320 e. The molecule has 0 radical (unpaired) electrons. The molecule has 4 heteroatoms. The molecule has 1 N–H and O–H groups in total. The topological polar surface area (TPSA) is 54.9 Å². The van der Waals surface area contributed by atoms with Crippen molar-refractivity contribution in [2.75, 3.05) is 5.32 Å². The summed E-state index contributed by atoms with van der Waals surface area (Å²) in [5.41, 5.74) is 3.51. The number of aryl methyl sites for hydroxylation is 2. The third-order valence-corrected chi connectivity index (χ3v) is 3.03. The average Bonchev–Trinajstić information content (AvgIpc) is 2.48. The first kappa shape index (κ1) is 13.2. The summed E-state index contributed by atoms with van der Waals surface area (Å²) in [7, 11) is 0. The Morgan fingerprint density at radius 3 is 2.37 bits per heavy atom. The van der Waals surface area contributed by atoms with E-state index in [2.05, 4.69) is 29.1 Å². The van der Waals surface area contributed by atoms with Crippen molar-refractivity contribution < 1.29 is 4.79 Å². The number of hydrogen-bond donors (Lipinski definition) is 1. The van der Waals surface area contributed by atoms with Crippen LogP contribution in [0.25, 0.3) is 0 Å². The normalized spacial score (nSPS) is 10.2. The third-order valence-electron chi connectivity index (χ3n) is 3.03. The fourth-order valence-corrected chi connectivity index (χ4v) is 2.00. The van der Waals surface area contributed by atoms with Gasteiger partial charge in [-0.1, -0.05) is 32.0 Å². The summed E-state index contributed by atoms with van der Waals surface area (Å²) in [5.74, 6) is -0.219. The second kappa shape index (κ2) is 6.09. The van der Waals surface area contributed by atoms with Gasteiger partial charge in [-0.15, -0.1) is 0 Å². The number of carbonyl (C=O) groups is 1. The second-order valence-corrected chi connectivity index (χ2v) is 4.20. The Balaban J connectivity index is 2.30. The van der Waals surface area contributed by atoms with Gasteiger partial charge in [0.25, 0.3) is 5.91 Å². The number of aromatic nitrogens is 2. The van der Waals surface area contributed by atoms with Gasteiger partial charge in [-0.25, -0.2) is 4.98 Å². The molecule has 0 atom stereocenters. The lowest BCUT2D eigenvalue weighted by atomic mass is 10.0. The first-order valence-electron chi connectivity index (χ1n) is 6.44. The van der Waals surface area contributed by atoms with E-state index in [1.807, 2.05) is 18.2 Å². The minimum Gasteiger partial charge on any atom is -0.320 e. The first-order chi connectivity index (χ1) is 9.26. The van der Waals surface area contributed by atoms with E-state index < -0.39 is 0 Å². The molecule has 1 amide bonds. The molecule has 0 fully saturated rings. The number of nitrogens with one attached hydrogen (secondary N) is 1. The van der Waals surface area contributed by atoms with Crippen LogP contribution in [0.3, 0.4) is 0 Å². The molecule has 0 saturated heterocycles. The summed E-state index contributed by atoms with van der Waals surface area (Å²) in [5, 5.41) is 2.96. The van der Waals surface area contributed by atoms with Crippen LogP contribution in [0.4, 0.5) is 5.69 Å². The molecular formula is C15H17N3O. The highest BCUT2D eigenvalue weighted by Crippen LogP contribution is 2.22. The number of nitrogens with zero attached hydrogens (tertiary/aromatic N) is 2. The van der Waals surface area contributed by atoms with Gasteiger partial charge in [-0.2, -0.15) is 0 Å². The smallest absolute Gasteiger partial charge is 0.275 e. The Labute approximate surface area is 112 Å². The zero-order valence-electron chi connectivity index (χ0n) is 11.2. The number of anilines is 1. The van der Waals surface area contributed by atoms with E-state index in [9.17, 15) is 4.79 Å². The van der Waals surface area contributed by atoms with Gasteiger partial charge in [0.15, 0.2) is 0 Å². The summed E-state index contributed by atoms with van der Waals surface area (Å²) in [6, 6.07) is 6.09. The van der Waals surface area contributed by atoms with Gasteiger partial charge in [0, 0.05) is 18.1 Å². The molecule has 0 unspecified atom stereocenters. The standard InChI is InChI=1S/C15H17N3O/c1-3-11-6-5-7-12(4-2)14(11)18-15(19)13-10-16-8-9-17-13/h5-10H,3-4H2,1-2H3,(H,18,19). The Kier molecular flexibility index (Phi) is 4.23. The molecule has 0 aliphatic rings. The third kappa shape index (κ3) is 2.96. The predicted octanol–water partition coefficient (Wildman–Crippen LogP) is 2.85. The van der Waals surface area contributed by atoms with Crippen molar-refractivity contribution in [3.63, 3.8) is 0 Å². The monoisotopic (exact) mass is 255 g/mol. The van der Waals surface area contributed by atoms with E-state index in [1.165, 1.54) is 12.4 Å². The van der Waals surface area contributed by atoms with E-state index >= 15 is 0 Å². The van der Waals surface area contributed by atoms with Gasteiger partial charge in [0.1, 0.15) is 5.69 Å². The molecule has 4 nitrogen and oxygen atoms in total. The summed E-state index contributed by atoms with van der Waals surface area (Å²) < 4.78 is 0. The van der Waals surface area contributed by atoms with Crippen molar-refractivity contribution in [2.45, 2.75) is 26.7 Å². The van der Waals surface area contributed by atoms with Crippen molar-refractivity contribution in [2.24, 2.45) is 0 Å². The Hall–Kier alpha value is -2.23. The lowest BCUT2D eigenvalue weighted by molar-refractivity contribution is 0.102. The molecule has 1 aromatic carbocycles. The van der Waals surface area contributed by atoms with Crippen LogP contribution in [0.1, 0.15) is 35.5 Å². The van der Waals surface area contributed by atoms with E-state index in [0.717, 1.165) is 29.7 Å². The van der Waals surface area contributed by atoms with Crippen molar-refractivity contribution in [3.05, 3.63) is 53.6 Å². The van der Waals surface area contributed by atoms with Crippen LogP contribution in [-0.4, -0.2) is 15.9 Å². The van der Waals surface area contributed by atoms with Gasteiger partial charge >= 0.3 is 0 Å². The Morgan fingerprint density at radius 2 is 1.84 bits per heavy atom. The average molecular weight is 255 g/mol. The molecule has 19 heavy (non-hydrogen) atoms. The van der Waals surface area contributed by atoms with E-state index in [0.29, 0.717) is 5.69 Å². The Bertz CT molecular complexity index is 545. The van der Waals surface area contributed by atoms with Crippen LogP contribution in [0.15, 0.2) is 36.8 Å². The van der Waals surface area contributed by atoms with Gasteiger partial charge in [0.2, 0.25) is 0 Å². The molecule has 0 spiro atoms. The number of hydrogen-bond acceptors (Lipinski definition) is 3. The molecule has 2 rings (SSSR count).